The first kappa shape index (κ1) is 19.9. The number of hydrogen-bond donors (Lipinski definition) is 1. The van der Waals surface area contributed by atoms with Gasteiger partial charge in [0.1, 0.15) is 22.9 Å². The molecule has 30 heavy (non-hydrogen) atoms. The predicted molar refractivity (Wildman–Crippen MR) is 113 cm³/mol. The van der Waals surface area contributed by atoms with Crippen LogP contribution in [0, 0.1) is 13.8 Å². The van der Waals surface area contributed by atoms with Crippen LogP contribution in [0.1, 0.15) is 45.6 Å². The lowest BCUT2D eigenvalue weighted by molar-refractivity contribution is 0.0280. The van der Waals surface area contributed by atoms with Crippen molar-refractivity contribution in [2.24, 2.45) is 0 Å². The third-order valence-electron chi connectivity index (χ3n) is 4.71. The molecule has 1 atom stereocenters. The standard InChI is InChI=1S/C22H20N2O5S/c1-12-14(3)30-21-18(12)20(25)23-19(24-21)13(2)28-22(26)17-10-9-16(29-17)11-27-15-7-5-4-6-8-15/h4-10,13H,11H2,1-3H3,(H,23,24,25). The second-order valence-electron chi connectivity index (χ2n) is 6.83. The molecule has 0 saturated carbocycles. The zero-order valence-corrected chi connectivity index (χ0v) is 17.5. The van der Waals surface area contributed by atoms with Crippen molar-refractivity contribution >= 4 is 27.5 Å². The number of para-hydroxylation sites is 1. The van der Waals surface area contributed by atoms with Crippen molar-refractivity contribution < 1.29 is 18.7 Å². The van der Waals surface area contributed by atoms with Gasteiger partial charge in [0.25, 0.3) is 5.56 Å². The maximum atomic E-state index is 12.4. The van der Waals surface area contributed by atoms with E-state index in [2.05, 4.69) is 9.97 Å². The summed E-state index contributed by atoms with van der Waals surface area (Å²) in [4.78, 5) is 33.7. The number of thiophene rings is 1. The normalized spacial score (nSPS) is 12.1. The van der Waals surface area contributed by atoms with Crippen LogP contribution in [-0.4, -0.2) is 15.9 Å². The molecule has 1 unspecified atom stereocenters. The molecule has 0 aliphatic carbocycles. The first-order valence-electron chi connectivity index (χ1n) is 9.40. The zero-order valence-electron chi connectivity index (χ0n) is 16.7. The fourth-order valence-corrected chi connectivity index (χ4v) is 4.01. The van der Waals surface area contributed by atoms with Crippen LogP contribution in [0.3, 0.4) is 0 Å². The minimum atomic E-state index is -0.744. The lowest BCUT2D eigenvalue weighted by Crippen LogP contribution is -2.17. The summed E-state index contributed by atoms with van der Waals surface area (Å²) in [5.74, 6) is 0.905. The lowest BCUT2D eigenvalue weighted by atomic mass is 10.2. The summed E-state index contributed by atoms with van der Waals surface area (Å²) in [6.07, 6.45) is -0.744. The van der Waals surface area contributed by atoms with Gasteiger partial charge in [-0.25, -0.2) is 9.78 Å². The molecule has 1 N–H and O–H groups in total. The van der Waals surface area contributed by atoms with Gasteiger partial charge in [-0.05, 0) is 50.6 Å². The molecule has 0 amide bonds. The van der Waals surface area contributed by atoms with Gasteiger partial charge in [-0.1, -0.05) is 18.2 Å². The maximum absolute atomic E-state index is 12.4. The molecular weight excluding hydrogens is 404 g/mol. The van der Waals surface area contributed by atoms with Gasteiger partial charge in [-0.3, -0.25) is 4.79 Å². The molecule has 1 aromatic carbocycles. The van der Waals surface area contributed by atoms with E-state index in [4.69, 9.17) is 13.9 Å². The summed E-state index contributed by atoms with van der Waals surface area (Å²) >= 11 is 1.44. The number of aromatic nitrogens is 2. The van der Waals surface area contributed by atoms with Gasteiger partial charge >= 0.3 is 5.97 Å². The van der Waals surface area contributed by atoms with Crippen LogP contribution in [-0.2, 0) is 11.3 Å². The van der Waals surface area contributed by atoms with Crippen molar-refractivity contribution in [1.82, 2.24) is 9.97 Å². The second-order valence-corrected chi connectivity index (χ2v) is 8.03. The molecule has 0 fully saturated rings. The Kier molecular flexibility index (Phi) is 5.41. The molecule has 3 aromatic heterocycles. The van der Waals surface area contributed by atoms with E-state index in [1.54, 1.807) is 13.0 Å². The van der Waals surface area contributed by atoms with E-state index in [-0.39, 0.29) is 17.9 Å². The van der Waals surface area contributed by atoms with Crippen LogP contribution in [0.2, 0.25) is 0 Å². The van der Waals surface area contributed by atoms with E-state index in [0.717, 1.165) is 10.4 Å². The number of carbonyl (C=O) groups excluding carboxylic acids is 1. The summed E-state index contributed by atoms with van der Waals surface area (Å²) in [7, 11) is 0. The number of carbonyl (C=O) groups is 1. The van der Waals surface area contributed by atoms with Crippen molar-refractivity contribution in [2.75, 3.05) is 0 Å². The Morgan fingerprint density at radius 3 is 2.73 bits per heavy atom. The quantitative estimate of drug-likeness (QED) is 0.451. The van der Waals surface area contributed by atoms with E-state index in [1.165, 1.54) is 17.4 Å². The fraction of sp³-hybridized carbons (Fsp3) is 0.227. The third kappa shape index (κ3) is 3.99. The first-order chi connectivity index (χ1) is 14.4. The molecule has 0 bridgehead atoms. The highest BCUT2D eigenvalue weighted by molar-refractivity contribution is 7.18. The average Bonchev–Trinajstić information content (AvgIpc) is 3.32. The monoisotopic (exact) mass is 424 g/mol. The number of benzene rings is 1. The summed E-state index contributed by atoms with van der Waals surface area (Å²) in [6, 6.07) is 12.5. The SMILES string of the molecule is Cc1sc2nc(C(C)OC(=O)c3ccc(COc4ccccc4)o3)[nH]c(=O)c2c1C. The molecule has 8 heteroatoms. The van der Waals surface area contributed by atoms with Crippen LogP contribution in [0.15, 0.2) is 51.7 Å². The van der Waals surface area contributed by atoms with Crippen molar-refractivity contribution in [3.8, 4) is 5.75 Å². The molecule has 0 aliphatic heterocycles. The first-order valence-corrected chi connectivity index (χ1v) is 10.2. The number of fused-ring (bicyclic) bond motifs is 1. The van der Waals surface area contributed by atoms with E-state index in [9.17, 15) is 9.59 Å². The summed E-state index contributed by atoms with van der Waals surface area (Å²) in [6.45, 7) is 5.68. The van der Waals surface area contributed by atoms with E-state index < -0.39 is 12.1 Å². The number of esters is 1. The highest BCUT2D eigenvalue weighted by Crippen LogP contribution is 2.27. The Hall–Kier alpha value is -3.39. The Morgan fingerprint density at radius 2 is 1.97 bits per heavy atom. The minimum absolute atomic E-state index is 0.0553. The molecule has 4 rings (SSSR count). The lowest BCUT2D eigenvalue weighted by Gasteiger charge is -2.11. The number of rotatable bonds is 6. The van der Waals surface area contributed by atoms with Crippen LogP contribution >= 0.6 is 11.3 Å². The van der Waals surface area contributed by atoms with Crippen LogP contribution < -0.4 is 10.3 Å². The summed E-state index contributed by atoms with van der Waals surface area (Å²) in [5, 5.41) is 0.578. The molecule has 7 nitrogen and oxygen atoms in total. The van der Waals surface area contributed by atoms with Crippen molar-refractivity contribution in [3.05, 3.63) is 80.6 Å². The number of H-pyrrole nitrogens is 1. The number of furan rings is 1. The number of nitrogens with one attached hydrogen (secondary N) is 1. The average molecular weight is 424 g/mol. The fourth-order valence-electron chi connectivity index (χ4n) is 2.97. The minimum Gasteiger partial charge on any atom is -0.486 e. The Morgan fingerprint density at radius 1 is 1.20 bits per heavy atom. The van der Waals surface area contributed by atoms with Crippen LogP contribution in [0.5, 0.6) is 5.75 Å². The van der Waals surface area contributed by atoms with Crippen LogP contribution in [0.4, 0.5) is 0 Å². The highest BCUT2D eigenvalue weighted by atomic mass is 32.1. The molecule has 3 heterocycles. The van der Waals surface area contributed by atoms with Crippen molar-refractivity contribution in [3.63, 3.8) is 0 Å². The Labute approximate surface area is 176 Å². The predicted octanol–water partition coefficient (Wildman–Crippen LogP) is 4.69. The number of hydrogen-bond acceptors (Lipinski definition) is 7. The van der Waals surface area contributed by atoms with Crippen molar-refractivity contribution in [2.45, 2.75) is 33.5 Å². The smallest absolute Gasteiger partial charge is 0.374 e. The van der Waals surface area contributed by atoms with Gasteiger partial charge < -0.3 is 18.9 Å². The zero-order chi connectivity index (χ0) is 21.3. The van der Waals surface area contributed by atoms with E-state index >= 15 is 0 Å². The van der Waals surface area contributed by atoms with E-state index in [0.29, 0.717) is 27.6 Å². The third-order valence-corrected chi connectivity index (χ3v) is 5.81. The second kappa shape index (κ2) is 8.16. The molecule has 0 saturated heterocycles. The Balaban J connectivity index is 1.44. The number of ether oxygens (including phenoxy) is 2. The number of nitrogens with zero attached hydrogens (tertiary/aromatic N) is 1. The van der Waals surface area contributed by atoms with Gasteiger partial charge in [0.05, 0.1) is 5.39 Å². The molecule has 0 spiro atoms. The molecule has 154 valence electrons. The Bertz CT molecular complexity index is 1260. The van der Waals surface area contributed by atoms with Gasteiger partial charge in [0.15, 0.2) is 11.9 Å². The maximum Gasteiger partial charge on any atom is 0.374 e. The summed E-state index contributed by atoms with van der Waals surface area (Å²) in [5.41, 5.74) is 0.680. The van der Waals surface area contributed by atoms with Gasteiger partial charge in [-0.15, -0.1) is 11.3 Å². The van der Waals surface area contributed by atoms with E-state index in [1.807, 2.05) is 44.2 Å². The largest absolute Gasteiger partial charge is 0.486 e. The summed E-state index contributed by atoms with van der Waals surface area (Å²) < 4.78 is 16.6. The van der Waals surface area contributed by atoms with Crippen LogP contribution in [0.25, 0.3) is 10.2 Å². The number of aromatic amines is 1. The van der Waals surface area contributed by atoms with Gasteiger partial charge in [-0.2, -0.15) is 0 Å². The van der Waals surface area contributed by atoms with Crippen molar-refractivity contribution in [1.29, 1.82) is 0 Å². The molecule has 0 radical (unpaired) electrons. The number of aryl methyl sites for hydroxylation is 2. The van der Waals surface area contributed by atoms with Gasteiger partial charge in [0.2, 0.25) is 5.76 Å². The molecular formula is C22H20N2O5S. The highest BCUT2D eigenvalue weighted by Gasteiger charge is 2.21. The molecule has 0 aliphatic rings. The molecule has 4 aromatic rings. The van der Waals surface area contributed by atoms with Gasteiger partial charge in [0, 0.05) is 4.88 Å². The topological polar surface area (TPSA) is 94.4 Å².